The summed E-state index contributed by atoms with van der Waals surface area (Å²) in [6.07, 6.45) is 2.26. The third-order valence-electron chi connectivity index (χ3n) is 2.57. The number of ether oxygens (including phenoxy) is 1. The Morgan fingerprint density at radius 3 is 2.35 bits per heavy atom. The second kappa shape index (κ2) is 10.2. The average Bonchev–Trinajstić information content (AvgIpc) is 2.35. The van der Waals surface area contributed by atoms with Crippen LogP contribution in [0.25, 0.3) is 0 Å². The molecule has 1 atom stereocenters. The Kier molecular flexibility index (Phi) is 9.41. The van der Waals surface area contributed by atoms with Crippen molar-refractivity contribution < 1.29 is 19.1 Å². The zero-order valence-electron chi connectivity index (χ0n) is 12.8. The zero-order chi connectivity index (χ0) is 15.5. The predicted molar refractivity (Wildman–Crippen MR) is 75.9 cm³/mol. The molecular weight excluding hydrogens is 260 g/mol. The molecule has 0 rings (SSSR count). The summed E-state index contributed by atoms with van der Waals surface area (Å²) in [5.41, 5.74) is 0. The minimum Gasteiger partial charge on any atom is -0.464 e. The number of rotatable bonds is 9. The Morgan fingerprint density at radius 1 is 1.20 bits per heavy atom. The Bertz CT molecular complexity index is 329. The summed E-state index contributed by atoms with van der Waals surface area (Å²) in [7, 11) is 0. The fourth-order valence-corrected chi connectivity index (χ4v) is 1.55. The molecule has 2 amide bonds. The molecule has 0 bridgehead atoms. The summed E-state index contributed by atoms with van der Waals surface area (Å²) in [6.45, 7) is 7.50. The number of hydrogen-bond acceptors (Lipinski definition) is 4. The van der Waals surface area contributed by atoms with Crippen LogP contribution in [0.5, 0.6) is 0 Å². The molecule has 0 aliphatic rings. The average molecular weight is 286 g/mol. The van der Waals surface area contributed by atoms with Crippen LogP contribution in [0.15, 0.2) is 0 Å². The summed E-state index contributed by atoms with van der Waals surface area (Å²) in [5, 5.41) is 4.99. The van der Waals surface area contributed by atoms with Crippen LogP contribution in [0.3, 0.4) is 0 Å². The molecule has 0 fully saturated rings. The van der Waals surface area contributed by atoms with Crippen LogP contribution in [0, 0.1) is 5.92 Å². The molecule has 6 heteroatoms. The lowest BCUT2D eigenvalue weighted by molar-refractivity contribution is -0.148. The van der Waals surface area contributed by atoms with Crippen molar-refractivity contribution in [3.63, 3.8) is 0 Å². The van der Waals surface area contributed by atoms with Crippen LogP contribution in [0.2, 0.25) is 0 Å². The molecule has 6 nitrogen and oxygen atoms in total. The molecule has 0 aromatic rings. The largest absolute Gasteiger partial charge is 0.464 e. The van der Waals surface area contributed by atoms with E-state index in [4.69, 9.17) is 4.74 Å². The van der Waals surface area contributed by atoms with Crippen LogP contribution in [-0.2, 0) is 19.1 Å². The molecule has 20 heavy (non-hydrogen) atoms. The van der Waals surface area contributed by atoms with Crippen molar-refractivity contribution in [3.8, 4) is 0 Å². The van der Waals surface area contributed by atoms with Gasteiger partial charge in [0.1, 0.15) is 6.04 Å². The standard InChI is InChI=1S/C14H26N2O4/c1-5-6-7-20-14(19)12(8-10(2)3)16-13(18)9-15-11(4)17/h10,12H,5-9H2,1-4H3,(H,15,17)(H,16,18). The van der Waals surface area contributed by atoms with Gasteiger partial charge in [-0.15, -0.1) is 0 Å². The molecular formula is C14H26N2O4. The lowest BCUT2D eigenvalue weighted by atomic mass is 10.0. The second-order valence-electron chi connectivity index (χ2n) is 5.18. The van der Waals surface area contributed by atoms with E-state index in [1.54, 1.807) is 0 Å². The molecule has 0 saturated heterocycles. The van der Waals surface area contributed by atoms with Crippen molar-refractivity contribution >= 4 is 17.8 Å². The fourth-order valence-electron chi connectivity index (χ4n) is 1.55. The first-order valence-electron chi connectivity index (χ1n) is 7.07. The van der Waals surface area contributed by atoms with Gasteiger partial charge in [0.25, 0.3) is 0 Å². The maximum absolute atomic E-state index is 11.9. The Labute approximate surface area is 120 Å². The lowest BCUT2D eigenvalue weighted by Gasteiger charge is -2.19. The summed E-state index contributed by atoms with van der Waals surface area (Å²) in [5.74, 6) is -0.840. The first kappa shape index (κ1) is 18.4. The maximum atomic E-state index is 11.9. The lowest BCUT2D eigenvalue weighted by Crippen LogP contribution is -2.46. The minimum atomic E-state index is -0.659. The van der Waals surface area contributed by atoms with Crippen LogP contribution in [0.1, 0.15) is 47.0 Å². The van der Waals surface area contributed by atoms with E-state index in [1.165, 1.54) is 6.92 Å². The monoisotopic (exact) mass is 286 g/mol. The molecule has 0 aromatic carbocycles. The molecule has 0 saturated carbocycles. The molecule has 116 valence electrons. The van der Waals surface area contributed by atoms with E-state index in [0.717, 1.165) is 12.8 Å². The molecule has 1 unspecified atom stereocenters. The van der Waals surface area contributed by atoms with E-state index in [2.05, 4.69) is 10.6 Å². The van der Waals surface area contributed by atoms with E-state index >= 15 is 0 Å². The Morgan fingerprint density at radius 2 is 1.85 bits per heavy atom. The molecule has 0 aliphatic heterocycles. The highest BCUT2D eigenvalue weighted by Gasteiger charge is 2.23. The van der Waals surface area contributed by atoms with Crippen LogP contribution in [-0.4, -0.2) is 37.0 Å². The van der Waals surface area contributed by atoms with Gasteiger partial charge < -0.3 is 15.4 Å². The van der Waals surface area contributed by atoms with Gasteiger partial charge in [-0.2, -0.15) is 0 Å². The highest BCUT2D eigenvalue weighted by molar-refractivity contribution is 5.87. The zero-order valence-corrected chi connectivity index (χ0v) is 12.8. The third kappa shape index (κ3) is 9.35. The van der Waals surface area contributed by atoms with Gasteiger partial charge in [0, 0.05) is 6.92 Å². The number of carbonyl (C=O) groups is 3. The first-order chi connectivity index (χ1) is 9.36. The van der Waals surface area contributed by atoms with Gasteiger partial charge in [0.15, 0.2) is 0 Å². The van der Waals surface area contributed by atoms with Crippen molar-refractivity contribution in [3.05, 3.63) is 0 Å². The summed E-state index contributed by atoms with van der Waals surface area (Å²) in [4.78, 5) is 34.3. The van der Waals surface area contributed by atoms with Gasteiger partial charge in [-0.3, -0.25) is 9.59 Å². The third-order valence-corrected chi connectivity index (χ3v) is 2.57. The SMILES string of the molecule is CCCCOC(=O)C(CC(C)C)NC(=O)CNC(C)=O. The van der Waals surface area contributed by atoms with Gasteiger partial charge in [-0.25, -0.2) is 4.79 Å². The van der Waals surface area contributed by atoms with Gasteiger partial charge in [0.2, 0.25) is 11.8 Å². The van der Waals surface area contributed by atoms with Gasteiger partial charge >= 0.3 is 5.97 Å². The second-order valence-corrected chi connectivity index (χ2v) is 5.18. The number of carbonyl (C=O) groups excluding carboxylic acids is 3. The number of nitrogens with one attached hydrogen (secondary N) is 2. The minimum absolute atomic E-state index is 0.133. The van der Waals surface area contributed by atoms with E-state index in [9.17, 15) is 14.4 Å². The highest BCUT2D eigenvalue weighted by Crippen LogP contribution is 2.07. The van der Waals surface area contributed by atoms with Crippen molar-refractivity contribution in [1.82, 2.24) is 10.6 Å². The summed E-state index contributed by atoms with van der Waals surface area (Å²) >= 11 is 0. The molecule has 0 aliphatic carbocycles. The molecule has 0 spiro atoms. The fraction of sp³-hybridized carbons (Fsp3) is 0.786. The highest BCUT2D eigenvalue weighted by atomic mass is 16.5. The van der Waals surface area contributed by atoms with Crippen molar-refractivity contribution in [1.29, 1.82) is 0 Å². The van der Waals surface area contributed by atoms with E-state index in [1.807, 2.05) is 20.8 Å². The number of esters is 1. The summed E-state index contributed by atoms with van der Waals surface area (Å²) in [6, 6.07) is -0.659. The van der Waals surface area contributed by atoms with Crippen LogP contribution >= 0.6 is 0 Å². The number of unbranched alkanes of at least 4 members (excludes halogenated alkanes) is 1. The van der Waals surface area contributed by atoms with Crippen molar-refractivity contribution in [2.75, 3.05) is 13.2 Å². The molecule has 0 aromatic heterocycles. The van der Waals surface area contributed by atoms with Crippen molar-refractivity contribution in [2.45, 2.75) is 53.0 Å². The van der Waals surface area contributed by atoms with Gasteiger partial charge in [-0.05, 0) is 18.8 Å². The number of amides is 2. The van der Waals surface area contributed by atoms with E-state index in [0.29, 0.717) is 13.0 Å². The van der Waals surface area contributed by atoms with Gasteiger partial charge in [-0.1, -0.05) is 27.2 Å². The molecule has 0 heterocycles. The Balaban J connectivity index is 4.35. The number of hydrogen-bond donors (Lipinski definition) is 2. The van der Waals surface area contributed by atoms with Gasteiger partial charge in [0.05, 0.1) is 13.2 Å². The summed E-state index contributed by atoms with van der Waals surface area (Å²) < 4.78 is 5.13. The molecule has 2 N–H and O–H groups in total. The normalized spacial score (nSPS) is 11.8. The topological polar surface area (TPSA) is 84.5 Å². The molecule has 0 radical (unpaired) electrons. The quantitative estimate of drug-likeness (QED) is 0.489. The smallest absolute Gasteiger partial charge is 0.328 e. The van der Waals surface area contributed by atoms with E-state index < -0.39 is 17.9 Å². The van der Waals surface area contributed by atoms with E-state index in [-0.39, 0.29) is 18.4 Å². The predicted octanol–water partition coefficient (Wildman–Crippen LogP) is 0.997. The van der Waals surface area contributed by atoms with Crippen molar-refractivity contribution in [2.24, 2.45) is 5.92 Å². The Hall–Kier alpha value is -1.59. The maximum Gasteiger partial charge on any atom is 0.328 e. The van der Waals surface area contributed by atoms with Crippen LogP contribution < -0.4 is 10.6 Å². The first-order valence-corrected chi connectivity index (χ1v) is 7.07. The van der Waals surface area contributed by atoms with Crippen LogP contribution in [0.4, 0.5) is 0 Å².